The van der Waals surface area contributed by atoms with Gasteiger partial charge in [-0.05, 0) is 49.8 Å². The Hall–Kier alpha value is -1.34. The number of hydrogen-bond donors (Lipinski definition) is 1. The number of nitrogens with one attached hydrogen (secondary N) is 1. The Morgan fingerprint density at radius 3 is 2.86 bits per heavy atom. The van der Waals surface area contributed by atoms with Gasteiger partial charge in [0.25, 0.3) is 0 Å². The van der Waals surface area contributed by atoms with Crippen LogP contribution >= 0.6 is 11.6 Å². The van der Waals surface area contributed by atoms with Gasteiger partial charge in [0.05, 0.1) is 32.0 Å². The molecule has 0 spiro atoms. The van der Waals surface area contributed by atoms with Crippen molar-refractivity contribution in [3.05, 3.63) is 34.9 Å². The van der Waals surface area contributed by atoms with Gasteiger partial charge in [-0.2, -0.15) is 0 Å². The number of halogens is 1. The Labute approximate surface area is 179 Å². The van der Waals surface area contributed by atoms with Crippen molar-refractivity contribution in [3.8, 4) is 0 Å². The van der Waals surface area contributed by atoms with Crippen molar-refractivity contribution in [3.63, 3.8) is 0 Å². The minimum Gasteiger partial charge on any atom is -0.376 e. The molecule has 1 N–H and O–H groups in total. The summed E-state index contributed by atoms with van der Waals surface area (Å²) in [4.78, 5) is 6.72. The second kappa shape index (κ2) is 12.4. The fraction of sp³-hybridized carbons (Fsp3) is 0.682. The van der Waals surface area contributed by atoms with Gasteiger partial charge in [-0.3, -0.25) is 4.99 Å². The zero-order valence-corrected chi connectivity index (χ0v) is 18.2. The van der Waals surface area contributed by atoms with E-state index in [2.05, 4.69) is 15.2 Å². The number of nitrogens with zero attached hydrogens (tertiary/aromatic N) is 2. The monoisotopic (exact) mass is 423 g/mol. The van der Waals surface area contributed by atoms with Gasteiger partial charge in [0.1, 0.15) is 0 Å². The summed E-state index contributed by atoms with van der Waals surface area (Å²) >= 11 is 6.00. The molecule has 0 amide bonds. The highest BCUT2D eigenvalue weighted by Crippen LogP contribution is 2.18. The van der Waals surface area contributed by atoms with Gasteiger partial charge in [0.2, 0.25) is 0 Å². The first kappa shape index (κ1) is 22.3. The molecule has 2 heterocycles. The molecule has 0 radical (unpaired) electrons. The summed E-state index contributed by atoms with van der Waals surface area (Å²) in [6.07, 6.45) is 6.26. The summed E-state index contributed by atoms with van der Waals surface area (Å²) in [6, 6.07) is 7.76. The molecule has 0 aromatic heterocycles. The molecule has 1 aromatic carbocycles. The molecule has 2 saturated heterocycles. The minimum absolute atomic E-state index is 0.295. The Bertz CT molecular complexity index is 629. The lowest BCUT2D eigenvalue weighted by Crippen LogP contribution is -2.48. The van der Waals surface area contributed by atoms with E-state index in [0.29, 0.717) is 25.4 Å². The molecule has 1 atom stereocenters. The highest BCUT2D eigenvalue weighted by atomic mass is 35.5. The maximum absolute atomic E-state index is 6.11. The Balaban J connectivity index is 1.28. The van der Waals surface area contributed by atoms with Gasteiger partial charge in [-0.25, -0.2) is 0 Å². The number of ether oxygens (including phenoxy) is 3. The van der Waals surface area contributed by atoms with Gasteiger partial charge in [0.15, 0.2) is 5.96 Å². The van der Waals surface area contributed by atoms with Gasteiger partial charge >= 0.3 is 0 Å². The highest BCUT2D eigenvalue weighted by molar-refractivity contribution is 6.30. The maximum Gasteiger partial charge on any atom is 0.193 e. The second-order valence-corrected chi connectivity index (χ2v) is 8.10. The van der Waals surface area contributed by atoms with Crippen LogP contribution in [0.4, 0.5) is 0 Å². The Kier molecular flexibility index (Phi) is 9.54. The van der Waals surface area contributed by atoms with E-state index in [1.54, 1.807) is 0 Å². The van der Waals surface area contributed by atoms with E-state index >= 15 is 0 Å². The number of guanidine groups is 1. The second-order valence-electron chi connectivity index (χ2n) is 7.66. The van der Waals surface area contributed by atoms with E-state index in [1.807, 2.05) is 31.3 Å². The van der Waals surface area contributed by atoms with Gasteiger partial charge in [-0.15, -0.1) is 0 Å². The molecule has 3 rings (SSSR count). The first-order chi connectivity index (χ1) is 14.2. The lowest BCUT2D eigenvalue weighted by molar-refractivity contribution is -0.0721. The third-order valence-electron chi connectivity index (χ3n) is 5.43. The molecule has 7 heteroatoms. The number of hydrogen-bond acceptors (Lipinski definition) is 4. The lowest BCUT2D eigenvalue weighted by atomic mass is 10.1. The van der Waals surface area contributed by atoms with Crippen molar-refractivity contribution in [1.29, 1.82) is 0 Å². The molecule has 2 aliphatic rings. The van der Waals surface area contributed by atoms with Crippen LogP contribution in [0.5, 0.6) is 0 Å². The zero-order valence-electron chi connectivity index (χ0n) is 17.4. The average molecular weight is 424 g/mol. The van der Waals surface area contributed by atoms with Crippen molar-refractivity contribution < 1.29 is 14.2 Å². The molecule has 0 aliphatic carbocycles. The van der Waals surface area contributed by atoms with Crippen molar-refractivity contribution in [2.75, 3.05) is 46.5 Å². The van der Waals surface area contributed by atoms with Gasteiger partial charge < -0.3 is 24.4 Å². The minimum atomic E-state index is 0.295. The van der Waals surface area contributed by atoms with Crippen molar-refractivity contribution >= 4 is 17.6 Å². The van der Waals surface area contributed by atoms with E-state index in [-0.39, 0.29) is 0 Å². The number of likely N-dealkylation sites (tertiary alicyclic amines) is 1. The standard InChI is InChI=1S/C22H34ClN3O3/c1-24-22(25-10-14-27-16-18-5-4-6-19(23)15-18)26-11-8-20(9-12-26)29-17-21-7-2-3-13-28-21/h4-6,15,20-21H,2-3,7-14,16-17H2,1H3,(H,24,25). The smallest absolute Gasteiger partial charge is 0.193 e. The van der Waals surface area contributed by atoms with Gasteiger partial charge in [-0.1, -0.05) is 23.7 Å². The molecule has 2 aliphatic heterocycles. The lowest BCUT2D eigenvalue weighted by Gasteiger charge is -2.35. The topological polar surface area (TPSA) is 55.3 Å². The largest absolute Gasteiger partial charge is 0.376 e. The van der Waals surface area contributed by atoms with Crippen LogP contribution in [0.15, 0.2) is 29.3 Å². The SMILES string of the molecule is CN=C(NCCOCc1cccc(Cl)c1)N1CCC(OCC2CCCCO2)CC1. The predicted octanol–water partition coefficient (Wildman–Crippen LogP) is 3.48. The quantitative estimate of drug-likeness (QED) is 0.394. The molecule has 0 bridgehead atoms. The van der Waals surface area contributed by atoms with Crippen LogP contribution in [0.3, 0.4) is 0 Å². The summed E-state index contributed by atoms with van der Waals surface area (Å²) in [5.74, 6) is 0.936. The van der Waals surface area contributed by atoms with Crippen LogP contribution in [-0.4, -0.2) is 69.6 Å². The summed E-state index contributed by atoms with van der Waals surface area (Å²) in [5.41, 5.74) is 1.09. The summed E-state index contributed by atoms with van der Waals surface area (Å²) in [6.45, 7) is 5.45. The van der Waals surface area contributed by atoms with E-state index in [0.717, 1.165) is 68.7 Å². The number of benzene rings is 1. The van der Waals surface area contributed by atoms with E-state index in [4.69, 9.17) is 25.8 Å². The van der Waals surface area contributed by atoms with Crippen molar-refractivity contribution in [1.82, 2.24) is 10.2 Å². The first-order valence-electron chi connectivity index (χ1n) is 10.8. The van der Waals surface area contributed by atoms with E-state index in [9.17, 15) is 0 Å². The summed E-state index contributed by atoms with van der Waals surface area (Å²) < 4.78 is 17.6. The third-order valence-corrected chi connectivity index (χ3v) is 5.67. The molecular weight excluding hydrogens is 390 g/mol. The van der Waals surface area contributed by atoms with Gasteiger partial charge in [0, 0.05) is 38.3 Å². The molecule has 2 fully saturated rings. The normalized spacial score (nSPS) is 21.4. The van der Waals surface area contributed by atoms with E-state index < -0.39 is 0 Å². The number of piperidine rings is 1. The van der Waals surface area contributed by atoms with Crippen LogP contribution in [0.25, 0.3) is 0 Å². The molecule has 162 valence electrons. The summed E-state index contributed by atoms with van der Waals surface area (Å²) in [5, 5.41) is 4.14. The van der Waals surface area contributed by atoms with Crippen molar-refractivity contribution in [2.24, 2.45) is 4.99 Å². The average Bonchev–Trinajstić information content (AvgIpc) is 2.76. The molecule has 0 saturated carbocycles. The maximum atomic E-state index is 6.11. The third kappa shape index (κ3) is 7.78. The summed E-state index contributed by atoms with van der Waals surface area (Å²) in [7, 11) is 1.83. The van der Waals surface area contributed by atoms with Crippen LogP contribution in [0.1, 0.15) is 37.7 Å². The fourth-order valence-corrected chi connectivity index (χ4v) is 4.01. The van der Waals surface area contributed by atoms with E-state index in [1.165, 1.54) is 12.8 Å². The van der Waals surface area contributed by atoms with Crippen LogP contribution in [0, 0.1) is 0 Å². The molecule has 1 unspecified atom stereocenters. The molecule has 1 aromatic rings. The number of aliphatic imine (C=N–C) groups is 1. The van der Waals surface area contributed by atoms with Crippen molar-refractivity contribution in [2.45, 2.75) is 50.9 Å². The first-order valence-corrected chi connectivity index (χ1v) is 11.1. The molecule has 29 heavy (non-hydrogen) atoms. The Morgan fingerprint density at radius 1 is 1.28 bits per heavy atom. The highest BCUT2D eigenvalue weighted by Gasteiger charge is 2.23. The fourth-order valence-electron chi connectivity index (χ4n) is 3.80. The van der Waals surface area contributed by atoms with Crippen LogP contribution in [-0.2, 0) is 20.8 Å². The predicted molar refractivity (Wildman–Crippen MR) is 117 cm³/mol. The number of rotatable bonds is 8. The molecule has 6 nitrogen and oxygen atoms in total. The zero-order chi connectivity index (χ0) is 20.3. The van der Waals surface area contributed by atoms with Crippen LogP contribution in [0.2, 0.25) is 5.02 Å². The molecular formula is C22H34ClN3O3. The van der Waals surface area contributed by atoms with Crippen LogP contribution < -0.4 is 5.32 Å². The Morgan fingerprint density at radius 2 is 2.14 bits per heavy atom.